The topological polar surface area (TPSA) is 169 Å². The van der Waals surface area contributed by atoms with Crippen molar-refractivity contribution in [1.82, 2.24) is 0 Å². The van der Waals surface area contributed by atoms with Crippen molar-refractivity contribution in [3.05, 3.63) is 24.0 Å². The second-order valence-electron chi connectivity index (χ2n) is 2.18. The van der Waals surface area contributed by atoms with Crippen LogP contribution >= 0.6 is 0 Å². The molecule has 0 aliphatic heterocycles. The van der Waals surface area contributed by atoms with E-state index in [-0.39, 0.29) is 6.08 Å². The van der Waals surface area contributed by atoms with Gasteiger partial charge in [0.2, 0.25) is 5.76 Å². The van der Waals surface area contributed by atoms with E-state index in [0.29, 0.717) is 12.2 Å². The summed E-state index contributed by atoms with van der Waals surface area (Å²) in [6, 6.07) is 0. The Morgan fingerprint density at radius 2 is 1.00 bits per heavy atom. The van der Waals surface area contributed by atoms with Gasteiger partial charge in [0.1, 0.15) is 0 Å². The molecule has 0 spiro atoms. The number of carbonyl (C=O) groups is 4. The molecule has 0 aromatic rings. The van der Waals surface area contributed by atoms with Crippen LogP contribution in [0.2, 0.25) is 0 Å². The Hall–Kier alpha value is -2.84. The fraction of sp³-hybridized carbons (Fsp3) is 0. The average Bonchev–Trinajstić information content (AvgIpc) is 2.14. The number of aliphatic hydroxyl groups excluding tert-OH is 1. The molecule has 0 bridgehead atoms. The molecule has 0 fully saturated rings. The monoisotopic (exact) mass is 248 g/mol. The standard InChI is InChI=1S/C4H4O5.C4H4O4/c5-2(4(8)9)1-3(6)7;5-3(6)1-2-4(7)8/h1,5H,(H,6,7)(H,8,9);1-2H,(H,5,6)(H,7,8)/b2-1+;. The summed E-state index contributed by atoms with van der Waals surface area (Å²) < 4.78 is 0. The van der Waals surface area contributed by atoms with E-state index in [4.69, 9.17) is 25.5 Å². The van der Waals surface area contributed by atoms with Crippen molar-refractivity contribution in [2.45, 2.75) is 0 Å². The highest BCUT2D eigenvalue weighted by Crippen LogP contribution is 1.85. The molecular weight excluding hydrogens is 240 g/mol. The van der Waals surface area contributed by atoms with Crippen molar-refractivity contribution < 1.29 is 44.7 Å². The first-order valence-corrected chi connectivity index (χ1v) is 3.67. The molecule has 0 aromatic heterocycles. The molecule has 0 heterocycles. The number of hydrogen-bond donors (Lipinski definition) is 5. The Bertz CT molecular complexity index is 360. The number of carboxylic acid groups (broad SMARTS) is 4. The van der Waals surface area contributed by atoms with Crippen LogP contribution in [0.15, 0.2) is 24.0 Å². The maximum Gasteiger partial charge on any atom is 0.371 e. The van der Waals surface area contributed by atoms with Gasteiger partial charge in [-0.25, -0.2) is 19.2 Å². The van der Waals surface area contributed by atoms with Crippen molar-refractivity contribution in [2.24, 2.45) is 0 Å². The van der Waals surface area contributed by atoms with Gasteiger partial charge in [-0.05, 0) is 0 Å². The molecule has 0 saturated heterocycles. The highest BCUT2D eigenvalue weighted by atomic mass is 16.4. The molecule has 0 atom stereocenters. The summed E-state index contributed by atoms with van der Waals surface area (Å²) in [5, 5.41) is 39.5. The van der Waals surface area contributed by atoms with Gasteiger partial charge in [0.15, 0.2) is 0 Å². The lowest BCUT2D eigenvalue weighted by atomic mass is 10.4. The predicted octanol–water partition coefficient (Wildman–Crippen LogP) is -0.691. The molecule has 9 nitrogen and oxygen atoms in total. The van der Waals surface area contributed by atoms with E-state index in [0.717, 1.165) is 0 Å². The van der Waals surface area contributed by atoms with Gasteiger partial charge in [-0.2, -0.15) is 0 Å². The van der Waals surface area contributed by atoms with Gasteiger partial charge in [-0.15, -0.1) is 0 Å². The number of aliphatic hydroxyl groups is 1. The summed E-state index contributed by atoms with van der Waals surface area (Å²) >= 11 is 0. The zero-order chi connectivity index (χ0) is 14.0. The third kappa shape index (κ3) is 15.9. The summed E-state index contributed by atoms with van der Waals surface area (Å²) in [4.78, 5) is 38.4. The molecule has 17 heavy (non-hydrogen) atoms. The highest BCUT2D eigenvalue weighted by Gasteiger charge is 2.04. The average molecular weight is 248 g/mol. The Labute approximate surface area is 93.5 Å². The van der Waals surface area contributed by atoms with E-state index >= 15 is 0 Å². The second kappa shape index (κ2) is 8.47. The van der Waals surface area contributed by atoms with Crippen molar-refractivity contribution in [3.8, 4) is 0 Å². The van der Waals surface area contributed by atoms with Crippen molar-refractivity contribution in [3.63, 3.8) is 0 Å². The van der Waals surface area contributed by atoms with Gasteiger partial charge in [0.25, 0.3) is 0 Å². The van der Waals surface area contributed by atoms with Gasteiger partial charge >= 0.3 is 23.9 Å². The molecule has 0 aliphatic carbocycles. The van der Waals surface area contributed by atoms with Crippen LogP contribution in [0.25, 0.3) is 0 Å². The molecule has 0 amide bonds. The van der Waals surface area contributed by atoms with Gasteiger partial charge in [-0.3, -0.25) is 0 Å². The molecule has 0 unspecified atom stereocenters. The van der Waals surface area contributed by atoms with Crippen LogP contribution in [0.1, 0.15) is 0 Å². The first-order chi connectivity index (χ1) is 7.66. The Kier molecular flexibility index (Phi) is 8.26. The van der Waals surface area contributed by atoms with E-state index in [2.05, 4.69) is 0 Å². The first-order valence-electron chi connectivity index (χ1n) is 3.67. The smallest absolute Gasteiger partial charge is 0.371 e. The summed E-state index contributed by atoms with van der Waals surface area (Å²) in [5.74, 6) is -6.84. The summed E-state index contributed by atoms with van der Waals surface area (Å²) in [6.45, 7) is 0. The van der Waals surface area contributed by atoms with Crippen molar-refractivity contribution in [2.75, 3.05) is 0 Å². The third-order valence-electron chi connectivity index (χ3n) is 0.848. The lowest BCUT2D eigenvalue weighted by Crippen LogP contribution is -2.02. The van der Waals surface area contributed by atoms with Crippen LogP contribution in [0.4, 0.5) is 0 Å². The minimum absolute atomic E-state index is 0.197. The van der Waals surface area contributed by atoms with Crippen LogP contribution in [0.3, 0.4) is 0 Å². The highest BCUT2D eigenvalue weighted by molar-refractivity contribution is 5.92. The number of carboxylic acids is 4. The summed E-state index contributed by atoms with van der Waals surface area (Å²) in [5.41, 5.74) is 0. The normalized spacial score (nSPS) is 10.2. The Morgan fingerprint density at radius 1 is 0.647 bits per heavy atom. The number of aliphatic carboxylic acids is 4. The van der Waals surface area contributed by atoms with Crippen molar-refractivity contribution >= 4 is 23.9 Å². The molecule has 94 valence electrons. The van der Waals surface area contributed by atoms with Gasteiger partial charge < -0.3 is 25.5 Å². The molecule has 0 saturated carbocycles. The van der Waals surface area contributed by atoms with Crippen LogP contribution in [-0.4, -0.2) is 49.4 Å². The lowest BCUT2D eigenvalue weighted by molar-refractivity contribution is -0.137. The predicted molar refractivity (Wildman–Crippen MR) is 50.4 cm³/mol. The van der Waals surface area contributed by atoms with Crippen LogP contribution < -0.4 is 0 Å². The first kappa shape index (κ1) is 16.6. The lowest BCUT2D eigenvalue weighted by Gasteiger charge is -1.85. The van der Waals surface area contributed by atoms with E-state index in [9.17, 15) is 19.2 Å². The van der Waals surface area contributed by atoms with E-state index in [1.165, 1.54) is 0 Å². The van der Waals surface area contributed by atoms with Crippen LogP contribution in [-0.2, 0) is 19.2 Å². The molecule has 9 heteroatoms. The minimum Gasteiger partial charge on any atom is -0.502 e. The van der Waals surface area contributed by atoms with Crippen LogP contribution in [0, 0.1) is 0 Å². The fourth-order valence-corrected chi connectivity index (χ4v) is 0.321. The van der Waals surface area contributed by atoms with Gasteiger partial charge in [0, 0.05) is 12.2 Å². The number of hydrogen-bond acceptors (Lipinski definition) is 5. The second-order valence-corrected chi connectivity index (χ2v) is 2.18. The molecule has 0 rings (SSSR count). The maximum absolute atomic E-state index is 9.65. The Balaban J connectivity index is 0. The molecule has 5 N–H and O–H groups in total. The SMILES string of the molecule is O=C(O)/C=C(/O)C(=O)O.O=C(O)C=CC(=O)O. The third-order valence-corrected chi connectivity index (χ3v) is 0.848. The molecular formula is C8H8O9. The number of rotatable bonds is 4. The van der Waals surface area contributed by atoms with E-state index < -0.39 is 29.6 Å². The zero-order valence-electron chi connectivity index (χ0n) is 8.10. The van der Waals surface area contributed by atoms with Crippen LogP contribution in [0.5, 0.6) is 0 Å². The fourth-order valence-electron chi connectivity index (χ4n) is 0.321. The zero-order valence-corrected chi connectivity index (χ0v) is 8.10. The van der Waals surface area contributed by atoms with E-state index in [1.54, 1.807) is 0 Å². The molecule has 0 aromatic carbocycles. The summed E-state index contributed by atoms with van der Waals surface area (Å²) in [7, 11) is 0. The quantitative estimate of drug-likeness (QED) is 0.319. The largest absolute Gasteiger partial charge is 0.502 e. The molecule has 0 aliphatic rings. The van der Waals surface area contributed by atoms with Gasteiger partial charge in [0.05, 0.1) is 6.08 Å². The maximum atomic E-state index is 9.65. The summed E-state index contributed by atoms with van der Waals surface area (Å²) in [6.07, 6.45) is 1.31. The van der Waals surface area contributed by atoms with Gasteiger partial charge in [-0.1, -0.05) is 0 Å². The Morgan fingerprint density at radius 3 is 1.12 bits per heavy atom. The molecule has 0 radical (unpaired) electrons. The minimum atomic E-state index is -1.66. The van der Waals surface area contributed by atoms with Crippen molar-refractivity contribution in [1.29, 1.82) is 0 Å². The van der Waals surface area contributed by atoms with E-state index in [1.807, 2.05) is 0 Å².